The van der Waals surface area contributed by atoms with E-state index in [1.54, 1.807) is 0 Å². The second-order valence-corrected chi connectivity index (χ2v) is 5.74. The quantitative estimate of drug-likeness (QED) is 0.877. The molecule has 0 radical (unpaired) electrons. The van der Waals surface area contributed by atoms with Gasteiger partial charge in [0, 0.05) is 24.8 Å². The van der Waals surface area contributed by atoms with Crippen LogP contribution in [0.15, 0.2) is 12.1 Å². The molecule has 0 spiro atoms. The molecule has 2 N–H and O–H groups in total. The van der Waals surface area contributed by atoms with E-state index < -0.39 is 0 Å². The lowest BCUT2D eigenvalue weighted by molar-refractivity contribution is 0.229. The molecule has 3 heteroatoms. The first-order valence-corrected chi connectivity index (χ1v) is 7.20. The molecule has 0 saturated heterocycles. The summed E-state index contributed by atoms with van der Waals surface area (Å²) in [5, 5.41) is 12.7. The zero-order valence-corrected chi connectivity index (χ0v) is 12.2. The van der Waals surface area contributed by atoms with Crippen molar-refractivity contribution in [2.45, 2.75) is 39.7 Å². The predicted octanol–water partition coefficient (Wildman–Crippen LogP) is 2.74. The predicted molar refractivity (Wildman–Crippen MR) is 77.6 cm³/mol. The average molecular weight is 263 g/mol. The van der Waals surface area contributed by atoms with Crippen molar-refractivity contribution in [3.05, 3.63) is 28.8 Å². The fourth-order valence-corrected chi connectivity index (χ4v) is 2.68. The maximum atomic E-state index is 9.14. The highest BCUT2D eigenvalue weighted by Gasteiger charge is 2.21. The van der Waals surface area contributed by atoms with Gasteiger partial charge in [0.05, 0.1) is 6.61 Å². The molecule has 0 amide bonds. The molecule has 1 aromatic carbocycles. The van der Waals surface area contributed by atoms with Crippen LogP contribution in [0.1, 0.15) is 42.5 Å². The molecule has 1 aromatic rings. The van der Waals surface area contributed by atoms with Gasteiger partial charge in [0.15, 0.2) is 0 Å². The average Bonchev–Trinajstić information content (AvgIpc) is 2.58. The number of hydrogen-bond donors (Lipinski definition) is 2. The van der Waals surface area contributed by atoms with E-state index in [0.717, 1.165) is 31.7 Å². The second-order valence-electron chi connectivity index (χ2n) is 5.74. The lowest BCUT2D eigenvalue weighted by atomic mass is 9.97. The van der Waals surface area contributed by atoms with Gasteiger partial charge in [0.2, 0.25) is 0 Å². The normalized spacial score (nSPS) is 20.3. The Labute approximate surface area is 116 Å². The molecule has 1 aliphatic rings. The summed E-state index contributed by atoms with van der Waals surface area (Å²) in [6, 6.07) is 4.75. The topological polar surface area (TPSA) is 41.5 Å². The fraction of sp³-hybridized carbons (Fsp3) is 0.625. The van der Waals surface area contributed by atoms with E-state index in [9.17, 15) is 0 Å². The summed E-state index contributed by atoms with van der Waals surface area (Å²) in [5.41, 5.74) is 3.78. The molecule has 2 atom stereocenters. The van der Waals surface area contributed by atoms with Crippen LogP contribution in [0.4, 0.5) is 0 Å². The molecule has 106 valence electrons. The number of benzene rings is 1. The van der Waals surface area contributed by atoms with Crippen molar-refractivity contribution in [3.8, 4) is 5.75 Å². The summed E-state index contributed by atoms with van der Waals surface area (Å²) in [7, 11) is 0. The third kappa shape index (κ3) is 3.48. The maximum absolute atomic E-state index is 9.14. The Kier molecular flexibility index (Phi) is 4.83. The first-order valence-electron chi connectivity index (χ1n) is 7.20. The van der Waals surface area contributed by atoms with Gasteiger partial charge in [-0.1, -0.05) is 24.6 Å². The van der Waals surface area contributed by atoms with Crippen molar-refractivity contribution < 1.29 is 9.84 Å². The Hall–Kier alpha value is -1.06. The molecular weight excluding hydrogens is 238 g/mol. The van der Waals surface area contributed by atoms with E-state index in [2.05, 4.69) is 38.2 Å². The minimum Gasteiger partial charge on any atom is -0.493 e. The van der Waals surface area contributed by atoms with Crippen molar-refractivity contribution >= 4 is 0 Å². The van der Waals surface area contributed by atoms with Crippen LogP contribution in [0.5, 0.6) is 5.75 Å². The molecule has 0 aliphatic carbocycles. The molecule has 0 fully saturated rings. The number of nitrogens with one attached hydrogen (secondary N) is 1. The second kappa shape index (κ2) is 6.40. The Bertz CT molecular complexity index is 431. The number of ether oxygens (including phenoxy) is 1. The highest BCUT2D eigenvalue weighted by Crippen LogP contribution is 2.35. The van der Waals surface area contributed by atoms with Crippen LogP contribution in [0, 0.1) is 19.8 Å². The summed E-state index contributed by atoms with van der Waals surface area (Å²) in [6.45, 7) is 8.17. The van der Waals surface area contributed by atoms with Gasteiger partial charge >= 0.3 is 0 Å². The largest absolute Gasteiger partial charge is 0.493 e. The number of rotatable bonds is 4. The summed E-state index contributed by atoms with van der Waals surface area (Å²) < 4.78 is 5.91. The number of aryl methyl sites for hydroxylation is 2. The highest BCUT2D eigenvalue weighted by molar-refractivity contribution is 5.46. The van der Waals surface area contributed by atoms with Gasteiger partial charge in [-0.3, -0.25) is 0 Å². The van der Waals surface area contributed by atoms with E-state index in [1.165, 1.54) is 16.7 Å². The minimum absolute atomic E-state index is 0.232. The van der Waals surface area contributed by atoms with E-state index in [-0.39, 0.29) is 6.61 Å². The van der Waals surface area contributed by atoms with Gasteiger partial charge in [0.1, 0.15) is 5.75 Å². The third-order valence-electron chi connectivity index (χ3n) is 3.73. The molecular formula is C16H25NO2. The molecule has 0 aromatic heterocycles. The summed E-state index contributed by atoms with van der Waals surface area (Å²) >= 11 is 0. The highest BCUT2D eigenvalue weighted by atomic mass is 16.5. The number of aliphatic hydroxyl groups is 1. The zero-order valence-electron chi connectivity index (χ0n) is 12.2. The van der Waals surface area contributed by atoms with Crippen LogP contribution in [0.25, 0.3) is 0 Å². The van der Waals surface area contributed by atoms with E-state index >= 15 is 0 Å². The summed E-state index contributed by atoms with van der Waals surface area (Å²) in [6.07, 6.45) is 2.16. The monoisotopic (exact) mass is 263 g/mol. The first kappa shape index (κ1) is 14.4. The Balaban J connectivity index is 2.22. The van der Waals surface area contributed by atoms with Crippen LogP contribution in [0.2, 0.25) is 0 Å². The van der Waals surface area contributed by atoms with Crippen LogP contribution >= 0.6 is 0 Å². The molecule has 1 heterocycles. The minimum atomic E-state index is 0.232. The Morgan fingerprint density at radius 3 is 2.95 bits per heavy atom. The fourth-order valence-electron chi connectivity index (χ4n) is 2.68. The third-order valence-corrected chi connectivity index (χ3v) is 3.73. The van der Waals surface area contributed by atoms with Crippen molar-refractivity contribution in [2.24, 2.45) is 5.92 Å². The van der Waals surface area contributed by atoms with Gasteiger partial charge < -0.3 is 15.2 Å². The van der Waals surface area contributed by atoms with Crippen molar-refractivity contribution in [1.82, 2.24) is 5.32 Å². The van der Waals surface area contributed by atoms with Crippen LogP contribution in [0.3, 0.4) is 0 Å². The molecule has 1 aliphatic heterocycles. The lowest BCUT2D eigenvalue weighted by Gasteiger charge is -2.21. The Morgan fingerprint density at radius 2 is 2.21 bits per heavy atom. The molecule has 0 saturated carbocycles. The van der Waals surface area contributed by atoms with E-state index in [1.807, 2.05) is 0 Å². The lowest BCUT2D eigenvalue weighted by Crippen LogP contribution is -2.27. The van der Waals surface area contributed by atoms with Gasteiger partial charge in [-0.25, -0.2) is 0 Å². The SMILES string of the molecule is Cc1cc(C)c2c(c1)C(NCC(C)CO)CCCO2. The van der Waals surface area contributed by atoms with Gasteiger partial charge in [-0.15, -0.1) is 0 Å². The zero-order chi connectivity index (χ0) is 13.8. The summed E-state index contributed by atoms with van der Waals surface area (Å²) in [4.78, 5) is 0. The van der Waals surface area contributed by atoms with Crippen molar-refractivity contribution in [3.63, 3.8) is 0 Å². The van der Waals surface area contributed by atoms with Crippen LogP contribution < -0.4 is 10.1 Å². The molecule has 2 rings (SSSR count). The van der Waals surface area contributed by atoms with Crippen LogP contribution in [-0.4, -0.2) is 24.9 Å². The van der Waals surface area contributed by atoms with Crippen molar-refractivity contribution in [1.29, 1.82) is 0 Å². The number of fused-ring (bicyclic) bond motifs is 1. The molecule has 19 heavy (non-hydrogen) atoms. The van der Waals surface area contributed by atoms with E-state index in [0.29, 0.717) is 12.0 Å². The van der Waals surface area contributed by atoms with Crippen LogP contribution in [-0.2, 0) is 0 Å². The summed E-state index contributed by atoms with van der Waals surface area (Å²) in [5.74, 6) is 1.34. The maximum Gasteiger partial charge on any atom is 0.126 e. The molecule has 0 bridgehead atoms. The van der Waals surface area contributed by atoms with Gasteiger partial charge in [0.25, 0.3) is 0 Å². The van der Waals surface area contributed by atoms with Gasteiger partial charge in [-0.2, -0.15) is 0 Å². The molecule has 3 nitrogen and oxygen atoms in total. The first-order chi connectivity index (χ1) is 9.11. The van der Waals surface area contributed by atoms with Crippen molar-refractivity contribution in [2.75, 3.05) is 19.8 Å². The molecule has 2 unspecified atom stereocenters. The number of aliphatic hydroxyl groups excluding tert-OH is 1. The number of hydrogen-bond acceptors (Lipinski definition) is 3. The smallest absolute Gasteiger partial charge is 0.126 e. The van der Waals surface area contributed by atoms with E-state index in [4.69, 9.17) is 9.84 Å². The Morgan fingerprint density at radius 1 is 1.42 bits per heavy atom. The standard InChI is InChI=1S/C16H25NO2/c1-11-7-13(3)16-14(8-11)15(5-4-6-19-16)17-9-12(2)10-18/h7-8,12,15,17-18H,4-6,9-10H2,1-3H3. The van der Waals surface area contributed by atoms with Gasteiger partial charge in [-0.05, 0) is 38.2 Å².